The van der Waals surface area contributed by atoms with Crippen LogP contribution in [0.15, 0.2) is 18.2 Å². The number of anilines is 2. The molecule has 5 nitrogen and oxygen atoms in total. The minimum atomic E-state index is -0.0220. The van der Waals surface area contributed by atoms with Gasteiger partial charge in [-0.05, 0) is 25.0 Å². The molecule has 1 heterocycles. The zero-order valence-corrected chi connectivity index (χ0v) is 11.6. The number of rotatable bonds is 1. The van der Waals surface area contributed by atoms with E-state index in [9.17, 15) is 4.79 Å². The fourth-order valence-electron chi connectivity index (χ4n) is 2.95. The van der Waals surface area contributed by atoms with Crippen molar-refractivity contribution >= 4 is 17.4 Å². The summed E-state index contributed by atoms with van der Waals surface area (Å²) in [5.41, 5.74) is 7.21. The Bertz CT molecular complexity index is 498. The highest BCUT2D eigenvalue weighted by molar-refractivity contribution is 5.94. The van der Waals surface area contributed by atoms with Crippen molar-refractivity contribution in [3.8, 4) is 5.75 Å². The first-order chi connectivity index (χ1) is 9.74. The van der Waals surface area contributed by atoms with Crippen LogP contribution in [-0.4, -0.2) is 25.2 Å². The van der Waals surface area contributed by atoms with Gasteiger partial charge in [-0.15, -0.1) is 0 Å². The minimum absolute atomic E-state index is 0.0220. The number of carbonyl (C=O) groups excluding carboxylic acids is 1. The van der Waals surface area contributed by atoms with Crippen LogP contribution >= 0.6 is 0 Å². The van der Waals surface area contributed by atoms with Crippen LogP contribution in [0.1, 0.15) is 32.1 Å². The van der Waals surface area contributed by atoms with E-state index >= 15 is 0 Å². The summed E-state index contributed by atoms with van der Waals surface area (Å²) >= 11 is 0. The Kier molecular flexibility index (Phi) is 3.67. The van der Waals surface area contributed by atoms with E-state index in [1.54, 1.807) is 17.0 Å². The van der Waals surface area contributed by atoms with Crippen molar-refractivity contribution in [2.45, 2.75) is 38.1 Å². The number of hydrogen-bond acceptors (Lipinski definition) is 3. The van der Waals surface area contributed by atoms with Gasteiger partial charge in [0.15, 0.2) is 0 Å². The lowest BCUT2D eigenvalue weighted by atomic mass is 9.96. The fourth-order valence-corrected chi connectivity index (χ4v) is 2.95. The summed E-state index contributed by atoms with van der Waals surface area (Å²) in [6.45, 7) is 1.09. The first-order valence-electron chi connectivity index (χ1n) is 7.34. The van der Waals surface area contributed by atoms with Crippen molar-refractivity contribution in [2.24, 2.45) is 0 Å². The molecule has 1 aromatic carbocycles. The van der Waals surface area contributed by atoms with Gasteiger partial charge < -0.3 is 15.8 Å². The Morgan fingerprint density at radius 2 is 2.10 bits per heavy atom. The maximum absolute atomic E-state index is 12.4. The monoisotopic (exact) mass is 275 g/mol. The second-order valence-corrected chi connectivity index (χ2v) is 5.51. The fraction of sp³-hybridized carbons (Fsp3) is 0.533. The summed E-state index contributed by atoms with van der Waals surface area (Å²) in [6.07, 6.45) is 5.88. The van der Waals surface area contributed by atoms with E-state index in [-0.39, 0.29) is 6.03 Å². The number of hydrogen-bond donors (Lipinski definition) is 2. The molecular weight excluding hydrogens is 254 g/mol. The van der Waals surface area contributed by atoms with Gasteiger partial charge >= 0.3 is 6.03 Å². The topological polar surface area (TPSA) is 67.6 Å². The van der Waals surface area contributed by atoms with E-state index in [4.69, 9.17) is 10.5 Å². The van der Waals surface area contributed by atoms with Gasteiger partial charge in [0.05, 0.1) is 12.2 Å². The molecule has 0 aromatic heterocycles. The number of ether oxygens (including phenoxy) is 1. The van der Waals surface area contributed by atoms with Crippen molar-refractivity contribution in [3.05, 3.63) is 18.2 Å². The predicted octanol–water partition coefficient (Wildman–Crippen LogP) is 2.51. The van der Waals surface area contributed by atoms with Gasteiger partial charge in [-0.3, -0.25) is 4.90 Å². The Labute approximate surface area is 119 Å². The molecule has 0 atom stereocenters. The molecule has 1 fully saturated rings. The molecule has 0 radical (unpaired) electrons. The molecule has 1 aliphatic heterocycles. The zero-order chi connectivity index (χ0) is 13.9. The minimum Gasteiger partial charge on any atom is -0.489 e. The average Bonchev–Trinajstić information content (AvgIpc) is 2.47. The lowest BCUT2D eigenvalue weighted by molar-refractivity contribution is 0.232. The number of nitrogen functional groups attached to an aromatic ring is 1. The van der Waals surface area contributed by atoms with Crippen molar-refractivity contribution in [1.29, 1.82) is 0 Å². The lowest BCUT2D eigenvalue weighted by Gasteiger charge is -2.32. The van der Waals surface area contributed by atoms with Crippen LogP contribution in [0.4, 0.5) is 16.2 Å². The Hall–Kier alpha value is -1.91. The molecule has 2 aliphatic rings. The van der Waals surface area contributed by atoms with E-state index in [2.05, 4.69) is 5.32 Å². The van der Waals surface area contributed by atoms with E-state index in [1.165, 1.54) is 19.3 Å². The summed E-state index contributed by atoms with van der Waals surface area (Å²) in [5.74, 6) is 0.690. The Morgan fingerprint density at radius 1 is 1.30 bits per heavy atom. The number of nitrogens with one attached hydrogen (secondary N) is 1. The van der Waals surface area contributed by atoms with Gasteiger partial charge in [-0.1, -0.05) is 19.3 Å². The van der Waals surface area contributed by atoms with E-state index in [0.29, 0.717) is 30.6 Å². The van der Waals surface area contributed by atoms with Crippen LogP contribution in [-0.2, 0) is 0 Å². The SMILES string of the molecule is Nc1ccc2c(c1)OCCN2C(=O)NC1CCCCC1. The second kappa shape index (κ2) is 5.61. The third-order valence-corrected chi connectivity index (χ3v) is 4.03. The number of nitrogens with two attached hydrogens (primary N) is 1. The smallest absolute Gasteiger partial charge is 0.322 e. The van der Waals surface area contributed by atoms with E-state index in [0.717, 1.165) is 18.5 Å². The molecule has 0 saturated heterocycles. The van der Waals surface area contributed by atoms with Crippen molar-refractivity contribution < 1.29 is 9.53 Å². The normalized spacial score (nSPS) is 19.1. The van der Waals surface area contributed by atoms with Crippen LogP contribution in [0.25, 0.3) is 0 Å². The zero-order valence-electron chi connectivity index (χ0n) is 11.6. The quantitative estimate of drug-likeness (QED) is 0.774. The van der Waals surface area contributed by atoms with E-state index in [1.807, 2.05) is 6.07 Å². The molecule has 3 N–H and O–H groups in total. The number of nitrogens with zero attached hydrogens (tertiary/aromatic N) is 1. The van der Waals surface area contributed by atoms with Gasteiger partial charge in [-0.2, -0.15) is 0 Å². The molecule has 108 valence electrons. The number of urea groups is 1. The number of benzene rings is 1. The highest BCUT2D eigenvalue weighted by atomic mass is 16.5. The number of amides is 2. The van der Waals surface area contributed by atoms with Crippen LogP contribution < -0.4 is 20.7 Å². The molecule has 20 heavy (non-hydrogen) atoms. The first-order valence-corrected chi connectivity index (χ1v) is 7.34. The van der Waals surface area contributed by atoms with Gasteiger partial charge in [-0.25, -0.2) is 4.79 Å². The van der Waals surface area contributed by atoms with Gasteiger partial charge in [0, 0.05) is 17.8 Å². The molecule has 0 bridgehead atoms. The van der Waals surface area contributed by atoms with Crippen molar-refractivity contribution in [3.63, 3.8) is 0 Å². The molecule has 1 saturated carbocycles. The summed E-state index contributed by atoms with van der Waals surface area (Å²) < 4.78 is 5.57. The maximum Gasteiger partial charge on any atom is 0.322 e. The molecule has 0 unspecified atom stereocenters. The van der Waals surface area contributed by atoms with Gasteiger partial charge in [0.1, 0.15) is 12.4 Å². The maximum atomic E-state index is 12.4. The number of carbonyl (C=O) groups is 1. The molecule has 0 spiro atoms. The summed E-state index contributed by atoms with van der Waals surface area (Å²) in [6, 6.07) is 5.72. The standard InChI is InChI=1S/C15H21N3O2/c16-11-6-7-13-14(10-11)20-9-8-18(13)15(19)17-12-4-2-1-3-5-12/h6-7,10,12H,1-5,8-9,16H2,(H,17,19). The van der Waals surface area contributed by atoms with Crippen LogP contribution in [0.3, 0.4) is 0 Å². The lowest BCUT2D eigenvalue weighted by Crippen LogP contribution is -2.48. The van der Waals surface area contributed by atoms with E-state index < -0.39 is 0 Å². The Balaban J connectivity index is 1.72. The highest BCUT2D eigenvalue weighted by Gasteiger charge is 2.26. The second-order valence-electron chi connectivity index (χ2n) is 5.51. The average molecular weight is 275 g/mol. The predicted molar refractivity (Wildman–Crippen MR) is 79.1 cm³/mol. The van der Waals surface area contributed by atoms with Crippen molar-refractivity contribution in [2.75, 3.05) is 23.8 Å². The molecule has 3 rings (SSSR count). The van der Waals surface area contributed by atoms with Crippen LogP contribution in [0.5, 0.6) is 5.75 Å². The molecule has 2 amide bonds. The highest BCUT2D eigenvalue weighted by Crippen LogP contribution is 2.33. The van der Waals surface area contributed by atoms with Crippen LogP contribution in [0.2, 0.25) is 0 Å². The first kappa shape index (κ1) is 13.1. The molecular formula is C15H21N3O2. The van der Waals surface area contributed by atoms with Crippen molar-refractivity contribution in [1.82, 2.24) is 5.32 Å². The largest absolute Gasteiger partial charge is 0.489 e. The molecule has 1 aromatic rings. The third kappa shape index (κ3) is 2.66. The van der Waals surface area contributed by atoms with Crippen LogP contribution in [0, 0.1) is 0 Å². The summed E-state index contributed by atoms with van der Waals surface area (Å²) in [7, 11) is 0. The third-order valence-electron chi connectivity index (χ3n) is 4.03. The molecule has 5 heteroatoms. The summed E-state index contributed by atoms with van der Waals surface area (Å²) in [4.78, 5) is 14.2. The Morgan fingerprint density at radius 3 is 2.90 bits per heavy atom. The van der Waals surface area contributed by atoms with Gasteiger partial charge in [0.2, 0.25) is 0 Å². The number of fused-ring (bicyclic) bond motifs is 1. The van der Waals surface area contributed by atoms with Gasteiger partial charge in [0.25, 0.3) is 0 Å². The summed E-state index contributed by atoms with van der Waals surface area (Å²) in [5, 5.41) is 3.14. The molecule has 1 aliphatic carbocycles.